The molecule has 0 unspecified atom stereocenters. The molecule has 5 nitrogen and oxygen atoms in total. The maximum Gasteiger partial charge on any atom is 0.261 e. The molecule has 0 spiro atoms. The lowest BCUT2D eigenvalue weighted by Crippen LogP contribution is -2.46. The number of nitrogens with one attached hydrogen (secondary N) is 1. The fourth-order valence-corrected chi connectivity index (χ4v) is 3.68. The fourth-order valence-electron chi connectivity index (χ4n) is 3.68. The summed E-state index contributed by atoms with van der Waals surface area (Å²) in [6.45, 7) is 6.01. The molecular formula is C23H29NO4. The van der Waals surface area contributed by atoms with E-state index in [4.69, 9.17) is 14.2 Å². The molecule has 5 heteroatoms. The summed E-state index contributed by atoms with van der Waals surface area (Å²) in [6, 6.07) is 15.1. The van der Waals surface area contributed by atoms with Crippen LogP contribution in [0.1, 0.15) is 51.6 Å². The number of amides is 1. The van der Waals surface area contributed by atoms with Gasteiger partial charge in [0, 0.05) is 12.0 Å². The first-order valence-electron chi connectivity index (χ1n) is 9.90. The van der Waals surface area contributed by atoms with Crippen molar-refractivity contribution >= 4 is 5.91 Å². The monoisotopic (exact) mass is 383 g/mol. The van der Waals surface area contributed by atoms with E-state index in [2.05, 4.69) is 19.2 Å². The topological polar surface area (TPSA) is 56.8 Å². The van der Waals surface area contributed by atoms with Gasteiger partial charge in [0.2, 0.25) is 0 Å². The minimum Gasteiger partial charge on any atom is -0.493 e. The Hall–Kier alpha value is -2.69. The van der Waals surface area contributed by atoms with Crippen LogP contribution < -0.4 is 19.5 Å². The third-order valence-corrected chi connectivity index (χ3v) is 5.54. The highest BCUT2D eigenvalue weighted by Crippen LogP contribution is 2.42. The molecule has 0 fully saturated rings. The summed E-state index contributed by atoms with van der Waals surface area (Å²) in [5.74, 6) is 1.85. The molecule has 0 radical (unpaired) electrons. The van der Waals surface area contributed by atoms with E-state index in [0.29, 0.717) is 11.5 Å². The highest BCUT2D eigenvalue weighted by atomic mass is 16.5. The van der Waals surface area contributed by atoms with Crippen LogP contribution in [0.5, 0.6) is 17.2 Å². The van der Waals surface area contributed by atoms with Crippen molar-refractivity contribution in [3.63, 3.8) is 0 Å². The maximum absolute atomic E-state index is 12.9. The van der Waals surface area contributed by atoms with Crippen LogP contribution in [0, 0.1) is 0 Å². The molecule has 2 atom stereocenters. The van der Waals surface area contributed by atoms with Crippen molar-refractivity contribution in [1.29, 1.82) is 0 Å². The molecule has 3 rings (SSSR count). The van der Waals surface area contributed by atoms with Crippen molar-refractivity contribution < 1.29 is 19.0 Å². The van der Waals surface area contributed by atoms with E-state index in [1.165, 1.54) is 0 Å². The van der Waals surface area contributed by atoms with Gasteiger partial charge in [-0.3, -0.25) is 4.79 Å². The van der Waals surface area contributed by atoms with E-state index in [-0.39, 0.29) is 17.6 Å². The van der Waals surface area contributed by atoms with Crippen LogP contribution in [0.3, 0.4) is 0 Å². The number of rotatable bonds is 7. The van der Waals surface area contributed by atoms with E-state index in [9.17, 15) is 4.79 Å². The van der Waals surface area contributed by atoms with E-state index in [1.54, 1.807) is 20.1 Å². The Kier molecular flexibility index (Phi) is 6.12. The predicted molar refractivity (Wildman–Crippen MR) is 109 cm³/mol. The summed E-state index contributed by atoms with van der Waals surface area (Å²) in [5, 5.41) is 3.17. The van der Waals surface area contributed by atoms with Crippen molar-refractivity contribution in [3.8, 4) is 17.2 Å². The fraction of sp³-hybridized carbons (Fsp3) is 0.435. The van der Waals surface area contributed by atoms with Gasteiger partial charge in [0.05, 0.1) is 13.2 Å². The summed E-state index contributed by atoms with van der Waals surface area (Å²) in [6.07, 6.45) is 1.86. The molecule has 2 aromatic carbocycles. The molecule has 2 aromatic rings. The average Bonchev–Trinajstić information content (AvgIpc) is 2.73. The van der Waals surface area contributed by atoms with Crippen molar-refractivity contribution in [1.82, 2.24) is 5.32 Å². The van der Waals surface area contributed by atoms with Gasteiger partial charge in [-0.25, -0.2) is 0 Å². The van der Waals surface area contributed by atoms with Crippen LogP contribution in [0.15, 0.2) is 48.5 Å². The first-order valence-corrected chi connectivity index (χ1v) is 9.90. The average molecular weight is 383 g/mol. The third-order valence-electron chi connectivity index (χ3n) is 5.54. The molecule has 1 heterocycles. The first-order chi connectivity index (χ1) is 13.5. The Morgan fingerprint density at radius 3 is 2.46 bits per heavy atom. The zero-order valence-electron chi connectivity index (χ0n) is 17.0. The van der Waals surface area contributed by atoms with Crippen LogP contribution in [0.4, 0.5) is 0 Å². The van der Waals surface area contributed by atoms with Crippen LogP contribution in [-0.2, 0) is 4.79 Å². The Morgan fingerprint density at radius 1 is 1.14 bits per heavy atom. The lowest BCUT2D eigenvalue weighted by Gasteiger charge is -2.41. The van der Waals surface area contributed by atoms with Crippen molar-refractivity contribution in [3.05, 3.63) is 54.1 Å². The minimum atomic E-state index is -0.649. The Balaban J connectivity index is 1.77. The third kappa shape index (κ3) is 4.08. The van der Waals surface area contributed by atoms with E-state index in [1.807, 2.05) is 42.5 Å². The Bertz CT molecular complexity index is 816. The molecule has 1 amide bonds. The van der Waals surface area contributed by atoms with Crippen LogP contribution >= 0.6 is 0 Å². The van der Waals surface area contributed by atoms with E-state index < -0.39 is 6.10 Å². The lowest BCUT2D eigenvalue weighted by molar-refractivity contribution is -0.128. The number of hydrogen-bond donors (Lipinski definition) is 1. The quantitative estimate of drug-likeness (QED) is 0.755. The molecule has 0 bridgehead atoms. The van der Waals surface area contributed by atoms with Gasteiger partial charge in [-0.2, -0.15) is 0 Å². The van der Waals surface area contributed by atoms with Gasteiger partial charge in [0.15, 0.2) is 17.6 Å². The van der Waals surface area contributed by atoms with E-state index >= 15 is 0 Å². The largest absolute Gasteiger partial charge is 0.493 e. The normalized spacial score (nSPS) is 18.4. The molecule has 0 saturated carbocycles. The van der Waals surface area contributed by atoms with Gasteiger partial charge in [0.1, 0.15) is 11.4 Å². The number of benzene rings is 2. The number of fused-ring (bicyclic) bond motifs is 1. The summed E-state index contributed by atoms with van der Waals surface area (Å²) >= 11 is 0. The number of methoxy groups -OCH3 is 1. The second-order valence-corrected chi connectivity index (χ2v) is 7.21. The van der Waals surface area contributed by atoms with E-state index in [0.717, 1.165) is 30.6 Å². The standard InChI is InChI=1S/C23H29NO4/c1-5-23(6-2)15-18(17-11-7-8-12-19(17)28-23)24-22(25)16(3)27-21-14-10-9-13-20(21)26-4/h7-14,16,18H,5-6,15H2,1-4H3,(H,24,25)/t16-,18-/m1/s1. The summed E-state index contributed by atoms with van der Waals surface area (Å²) in [4.78, 5) is 12.9. The number of carbonyl (C=O) groups excluding carboxylic acids is 1. The number of para-hydroxylation sites is 3. The molecule has 150 valence electrons. The molecule has 0 aromatic heterocycles. The van der Waals surface area contributed by atoms with Crippen molar-refractivity contribution in [2.45, 2.75) is 57.8 Å². The lowest BCUT2D eigenvalue weighted by atomic mass is 9.83. The minimum absolute atomic E-state index is 0.110. The van der Waals surface area contributed by atoms with Crippen LogP contribution in [0.25, 0.3) is 0 Å². The smallest absolute Gasteiger partial charge is 0.261 e. The van der Waals surface area contributed by atoms with Gasteiger partial charge in [-0.1, -0.05) is 44.2 Å². The van der Waals surface area contributed by atoms with Gasteiger partial charge in [-0.05, 0) is 38.0 Å². The van der Waals surface area contributed by atoms with Gasteiger partial charge in [0.25, 0.3) is 5.91 Å². The first kappa shape index (κ1) is 20.1. The molecule has 28 heavy (non-hydrogen) atoms. The van der Waals surface area contributed by atoms with Gasteiger partial charge in [-0.15, -0.1) is 0 Å². The number of hydrogen-bond acceptors (Lipinski definition) is 4. The maximum atomic E-state index is 12.9. The predicted octanol–water partition coefficient (Wildman–Crippen LogP) is 4.66. The summed E-state index contributed by atoms with van der Waals surface area (Å²) in [5.41, 5.74) is 0.747. The van der Waals surface area contributed by atoms with Crippen molar-refractivity contribution in [2.24, 2.45) is 0 Å². The zero-order chi connectivity index (χ0) is 20.1. The molecule has 1 aliphatic rings. The van der Waals surface area contributed by atoms with Gasteiger partial charge >= 0.3 is 0 Å². The van der Waals surface area contributed by atoms with Crippen LogP contribution in [-0.4, -0.2) is 24.7 Å². The van der Waals surface area contributed by atoms with Crippen molar-refractivity contribution in [2.75, 3.05) is 7.11 Å². The van der Waals surface area contributed by atoms with Crippen LogP contribution in [0.2, 0.25) is 0 Å². The number of ether oxygens (including phenoxy) is 3. The molecule has 1 aliphatic heterocycles. The molecule has 0 aliphatic carbocycles. The summed E-state index contributed by atoms with van der Waals surface area (Å²) < 4.78 is 17.5. The highest BCUT2D eigenvalue weighted by Gasteiger charge is 2.39. The summed E-state index contributed by atoms with van der Waals surface area (Å²) in [7, 11) is 1.58. The van der Waals surface area contributed by atoms with Gasteiger partial charge < -0.3 is 19.5 Å². The molecule has 0 saturated heterocycles. The molecule has 1 N–H and O–H groups in total. The molecular weight excluding hydrogens is 354 g/mol. The SMILES string of the molecule is CCC1(CC)C[C@@H](NC(=O)[C@@H](C)Oc2ccccc2OC)c2ccccc2O1. The number of carbonyl (C=O) groups is 1. The zero-order valence-corrected chi connectivity index (χ0v) is 17.0. The second kappa shape index (κ2) is 8.55. The second-order valence-electron chi connectivity index (χ2n) is 7.21. The highest BCUT2D eigenvalue weighted by molar-refractivity contribution is 5.81. The Labute approximate surface area is 167 Å². The Morgan fingerprint density at radius 2 is 1.79 bits per heavy atom.